The van der Waals surface area contributed by atoms with Gasteiger partial charge in [0.1, 0.15) is 0 Å². The summed E-state index contributed by atoms with van der Waals surface area (Å²) in [5.74, 6) is -2.10. The second-order valence-corrected chi connectivity index (χ2v) is 4.31. The van der Waals surface area contributed by atoms with Crippen molar-refractivity contribution in [3.63, 3.8) is 0 Å². The zero-order chi connectivity index (χ0) is 11.8. The smallest absolute Gasteiger partial charge is 0.164 e. The van der Waals surface area contributed by atoms with Gasteiger partial charge in [0, 0.05) is 18.1 Å². The minimum absolute atomic E-state index is 0.00278. The minimum Gasteiger partial charge on any atom is -0.385 e. The molecular weight excluding hydrogens is 214 g/mol. The molecular formula is C12H14F2O2. The second-order valence-electron chi connectivity index (χ2n) is 4.31. The lowest BCUT2D eigenvalue weighted by atomic mass is 9.82. The van der Waals surface area contributed by atoms with Crippen molar-refractivity contribution in [2.45, 2.75) is 18.9 Å². The lowest BCUT2D eigenvalue weighted by Gasteiger charge is -2.29. The molecule has 1 heterocycles. The number of hydrogen-bond acceptors (Lipinski definition) is 2. The molecule has 1 aromatic carbocycles. The van der Waals surface area contributed by atoms with E-state index in [-0.39, 0.29) is 11.5 Å². The van der Waals surface area contributed by atoms with E-state index in [9.17, 15) is 13.9 Å². The number of benzene rings is 1. The normalized spacial score (nSPS) is 24.4. The van der Waals surface area contributed by atoms with Crippen molar-refractivity contribution < 1.29 is 18.6 Å². The first kappa shape index (κ1) is 11.5. The predicted molar refractivity (Wildman–Crippen MR) is 54.9 cm³/mol. The quantitative estimate of drug-likeness (QED) is 0.841. The van der Waals surface area contributed by atoms with Crippen LogP contribution in [-0.2, 0) is 10.3 Å². The molecule has 0 saturated carbocycles. The maximum absolute atomic E-state index is 13.6. The summed E-state index contributed by atoms with van der Waals surface area (Å²) >= 11 is 0. The van der Waals surface area contributed by atoms with Crippen molar-refractivity contribution in [1.29, 1.82) is 0 Å². The molecule has 0 radical (unpaired) electrons. The van der Waals surface area contributed by atoms with Crippen LogP contribution in [0.4, 0.5) is 8.78 Å². The van der Waals surface area contributed by atoms with Gasteiger partial charge in [-0.15, -0.1) is 0 Å². The summed E-state index contributed by atoms with van der Waals surface area (Å²) in [5.41, 5.74) is -1.38. The summed E-state index contributed by atoms with van der Waals surface area (Å²) in [7, 11) is 0. The van der Waals surface area contributed by atoms with E-state index in [0.29, 0.717) is 19.6 Å². The van der Waals surface area contributed by atoms with Crippen molar-refractivity contribution in [1.82, 2.24) is 0 Å². The number of hydrogen-bond donors (Lipinski definition) is 1. The molecule has 4 heteroatoms. The molecule has 0 amide bonds. The Labute approximate surface area is 92.9 Å². The molecule has 1 saturated heterocycles. The second kappa shape index (κ2) is 4.11. The molecule has 0 spiro atoms. The summed E-state index contributed by atoms with van der Waals surface area (Å²) in [6, 6.07) is 3.86. The summed E-state index contributed by atoms with van der Waals surface area (Å²) in [6.45, 7) is 2.44. The van der Waals surface area contributed by atoms with Crippen LogP contribution in [-0.4, -0.2) is 18.3 Å². The molecule has 16 heavy (non-hydrogen) atoms. The van der Waals surface area contributed by atoms with Gasteiger partial charge in [-0.05, 0) is 19.4 Å². The Morgan fingerprint density at radius 3 is 2.81 bits per heavy atom. The Kier molecular flexibility index (Phi) is 2.95. The first-order chi connectivity index (χ1) is 7.53. The van der Waals surface area contributed by atoms with Gasteiger partial charge in [-0.2, -0.15) is 0 Å². The minimum atomic E-state index is -1.39. The third-order valence-corrected chi connectivity index (χ3v) is 3.22. The Morgan fingerprint density at radius 1 is 1.44 bits per heavy atom. The molecule has 1 aromatic rings. The van der Waals surface area contributed by atoms with Crippen LogP contribution in [0.5, 0.6) is 0 Å². The zero-order valence-electron chi connectivity index (χ0n) is 9.04. The Balaban J connectivity index is 2.38. The zero-order valence-corrected chi connectivity index (χ0v) is 9.04. The molecule has 1 fully saturated rings. The van der Waals surface area contributed by atoms with Gasteiger partial charge in [0.05, 0.1) is 12.2 Å². The average Bonchev–Trinajstić information content (AvgIpc) is 2.75. The van der Waals surface area contributed by atoms with E-state index in [1.54, 1.807) is 0 Å². The van der Waals surface area contributed by atoms with Gasteiger partial charge in [-0.25, -0.2) is 8.78 Å². The molecule has 2 rings (SSSR count). The molecule has 88 valence electrons. The van der Waals surface area contributed by atoms with Gasteiger partial charge < -0.3 is 9.84 Å². The third kappa shape index (κ3) is 1.83. The van der Waals surface area contributed by atoms with Gasteiger partial charge in [-0.1, -0.05) is 12.1 Å². The lowest BCUT2D eigenvalue weighted by molar-refractivity contribution is -0.0131. The summed E-state index contributed by atoms with van der Waals surface area (Å²) in [5, 5.41) is 10.3. The van der Waals surface area contributed by atoms with E-state index in [2.05, 4.69) is 0 Å². The van der Waals surface area contributed by atoms with Crippen LogP contribution in [0, 0.1) is 17.6 Å². The first-order valence-electron chi connectivity index (χ1n) is 5.28. The Bertz CT molecular complexity index is 385. The highest BCUT2D eigenvalue weighted by Crippen LogP contribution is 2.36. The van der Waals surface area contributed by atoms with Crippen LogP contribution in [0.3, 0.4) is 0 Å². The number of aliphatic hydroxyl groups is 1. The summed E-state index contributed by atoms with van der Waals surface area (Å²) in [4.78, 5) is 0. The highest BCUT2D eigenvalue weighted by molar-refractivity contribution is 5.25. The molecule has 2 nitrogen and oxygen atoms in total. The van der Waals surface area contributed by atoms with Gasteiger partial charge in [0.25, 0.3) is 0 Å². The molecule has 1 aliphatic heterocycles. The molecule has 1 N–H and O–H groups in total. The van der Waals surface area contributed by atoms with Crippen LogP contribution in [0.2, 0.25) is 0 Å². The van der Waals surface area contributed by atoms with Crippen LogP contribution < -0.4 is 0 Å². The molecule has 1 aliphatic rings. The van der Waals surface area contributed by atoms with Crippen LogP contribution in [0.1, 0.15) is 18.9 Å². The van der Waals surface area contributed by atoms with E-state index in [1.807, 2.05) is 0 Å². The standard InChI is InChI=1S/C12H14F2O2/c1-12(15,8-5-6-16-7-8)9-3-2-4-10(13)11(9)14/h2-4,8,15H,5-7H2,1H3. The van der Waals surface area contributed by atoms with Gasteiger partial charge in [-0.3, -0.25) is 0 Å². The third-order valence-electron chi connectivity index (χ3n) is 3.22. The van der Waals surface area contributed by atoms with E-state index in [4.69, 9.17) is 4.74 Å². The van der Waals surface area contributed by atoms with Crippen molar-refractivity contribution >= 4 is 0 Å². The Hall–Kier alpha value is -1.00. The monoisotopic (exact) mass is 228 g/mol. The molecule has 0 bridgehead atoms. The Morgan fingerprint density at radius 2 is 2.19 bits per heavy atom. The first-order valence-corrected chi connectivity index (χ1v) is 5.28. The van der Waals surface area contributed by atoms with Crippen molar-refractivity contribution in [2.24, 2.45) is 5.92 Å². The van der Waals surface area contributed by atoms with Crippen molar-refractivity contribution in [2.75, 3.05) is 13.2 Å². The van der Waals surface area contributed by atoms with Crippen LogP contribution in [0.15, 0.2) is 18.2 Å². The maximum Gasteiger partial charge on any atom is 0.164 e. The van der Waals surface area contributed by atoms with E-state index in [1.165, 1.54) is 19.1 Å². The van der Waals surface area contributed by atoms with Crippen LogP contribution in [0.25, 0.3) is 0 Å². The molecule has 0 aromatic heterocycles. The predicted octanol–water partition coefficient (Wildman–Crippen LogP) is 2.21. The van der Waals surface area contributed by atoms with Gasteiger partial charge >= 0.3 is 0 Å². The fraction of sp³-hybridized carbons (Fsp3) is 0.500. The van der Waals surface area contributed by atoms with E-state index in [0.717, 1.165) is 6.07 Å². The summed E-state index contributed by atoms with van der Waals surface area (Å²) < 4.78 is 31.8. The van der Waals surface area contributed by atoms with Crippen molar-refractivity contribution in [3.05, 3.63) is 35.4 Å². The SMILES string of the molecule is CC(O)(c1cccc(F)c1F)C1CCOC1. The van der Waals surface area contributed by atoms with E-state index < -0.39 is 17.2 Å². The molecule has 0 aliphatic carbocycles. The fourth-order valence-corrected chi connectivity index (χ4v) is 2.09. The van der Waals surface area contributed by atoms with E-state index >= 15 is 0 Å². The van der Waals surface area contributed by atoms with Gasteiger partial charge in [0.2, 0.25) is 0 Å². The van der Waals surface area contributed by atoms with Gasteiger partial charge in [0.15, 0.2) is 11.6 Å². The maximum atomic E-state index is 13.6. The molecule has 2 atom stereocenters. The number of rotatable bonds is 2. The highest BCUT2D eigenvalue weighted by Gasteiger charge is 2.38. The summed E-state index contributed by atoms with van der Waals surface area (Å²) in [6.07, 6.45) is 0.656. The topological polar surface area (TPSA) is 29.5 Å². The molecule has 2 unspecified atom stereocenters. The van der Waals surface area contributed by atoms with Crippen LogP contribution >= 0.6 is 0 Å². The number of ether oxygens (including phenoxy) is 1. The average molecular weight is 228 g/mol. The highest BCUT2D eigenvalue weighted by atomic mass is 19.2. The largest absolute Gasteiger partial charge is 0.385 e. The van der Waals surface area contributed by atoms with Crippen molar-refractivity contribution in [3.8, 4) is 0 Å². The number of halogens is 2. The lowest BCUT2D eigenvalue weighted by Crippen LogP contribution is -2.33. The fourth-order valence-electron chi connectivity index (χ4n) is 2.09.